The van der Waals surface area contributed by atoms with Crippen LogP contribution in [0.25, 0.3) is 0 Å². The standard InChI is InChI=1S/C20H28NO4/c1-15(22)13-24-19-9-5-17(6-10-19)21(3,4)18-7-11-20(12-8-18)25-14-16(2)23/h5-12,15-16,22-23H,13-14H2,1-4H3/q+1. The molecule has 2 unspecified atom stereocenters. The lowest BCUT2D eigenvalue weighted by atomic mass is 10.2. The van der Waals surface area contributed by atoms with Crippen LogP contribution in [0.3, 0.4) is 0 Å². The SMILES string of the molecule is CC(O)COc1ccc([N+](C)(C)c2ccc(OCC(C)O)cc2)cc1. The van der Waals surface area contributed by atoms with Gasteiger partial charge in [0.1, 0.15) is 36.1 Å². The van der Waals surface area contributed by atoms with E-state index in [0.29, 0.717) is 4.48 Å². The van der Waals surface area contributed by atoms with Crippen LogP contribution in [-0.2, 0) is 0 Å². The van der Waals surface area contributed by atoms with Gasteiger partial charge in [0, 0.05) is 24.3 Å². The number of nitrogens with zero attached hydrogens (tertiary/aromatic N) is 1. The predicted octanol–water partition coefficient (Wildman–Crippen LogP) is 3.10. The Bertz CT molecular complexity index is 591. The molecule has 25 heavy (non-hydrogen) atoms. The van der Waals surface area contributed by atoms with Crippen molar-refractivity contribution in [1.82, 2.24) is 4.48 Å². The van der Waals surface area contributed by atoms with Crippen molar-refractivity contribution < 1.29 is 19.7 Å². The van der Waals surface area contributed by atoms with E-state index in [1.165, 1.54) is 0 Å². The fraction of sp³-hybridized carbons (Fsp3) is 0.400. The number of hydrogen-bond donors (Lipinski definition) is 2. The Morgan fingerprint density at radius 1 is 0.720 bits per heavy atom. The molecule has 0 bridgehead atoms. The Morgan fingerprint density at radius 3 is 1.32 bits per heavy atom. The fourth-order valence-corrected chi connectivity index (χ4v) is 2.41. The van der Waals surface area contributed by atoms with Crippen LogP contribution in [0.5, 0.6) is 11.5 Å². The zero-order valence-electron chi connectivity index (χ0n) is 15.3. The van der Waals surface area contributed by atoms with Crippen LogP contribution >= 0.6 is 0 Å². The summed E-state index contributed by atoms with van der Waals surface area (Å²) in [5.41, 5.74) is 2.23. The van der Waals surface area contributed by atoms with Crippen molar-refractivity contribution in [3.63, 3.8) is 0 Å². The van der Waals surface area contributed by atoms with Gasteiger partial charge >= 0.3 is 0 Å². The maximum Gasteiger partial charge on any atom is 0.137 e. The molecule has 0 radical (unpaired) electrons. The molecule has 0 aliphatic heterocycles. The van der Waals surface area contributed by atoms with Crippen LogP contribution in [0, 0.1) is 0 Å². The molecular formula is C20H28NO4+. The number of benzene rings is 2. The fourth-order valence-electron chi connectivity index (χ4n) is 2.41. The second-order valence-corrected chi connectivity index (χ2v) is 6.76. The minimum Gasteiger partial charge on any atom is -0.491 e. The summed E-state index contributed by atoms with van der Waals surface area (Å²) in [6.45, 7) is 3.96. The van der Waals surface area contributed by atoms with E-state index in [9.17, 15) is 10.2 Å². The zero-order chi connectivity index (χ0) is 18.4. The molecule has 0 heterocycles. The highest BCUT2D eigenvalue weighted by molar-refractivity contribution is 5.58. The zero-order valence-corrected chi connectivity index (χ0v) is 15.3. The van der Waals surface area contributed by atoms with Crippen molar-refractivity contribution in [2.75, 3.05) is 27.3 Å². The van der Waals surface area contributed by atoms with E-state index in [1.54, 1.807) is 13.8 Å². The Labute approximate surface area is 149 Å². The largest absolute Gasteiger partial charge is 0.491 e. The van der Waals surface area contributed by atoms with E-state index in [2.05, 4.69) is 14.1 Å². The third kappa shape index (κ3) is 5.46. The number of aliphatic hydroxyl groups is 2. The van der Waals surface area contributed by atoms with Gasteiger partial charge in [-0.05, 0) is 38.1 Å². The van der Waals surface area contributed by atoms with Crippen molar-refractivity contribution in [3.8, 4) is 11.5 Å². The summed E-state index contributed by atoms with van der Waals surface area (Å²) in [6.07, 6.45) is -0.970. The molecule has 0 fully saturated rings. The first kappa shape index (κ1) is 19.2. The minimum absolute atomic E-state index is 0.283. The number of quaternary nitrogens is 1. The molecule has 0 saturated heterocycles. The van der Waals surface area contributed by atoms with Crippen LogP contribution in [0.4, 0.5) is 11.4 Å². The van der Waals surface area contributed by atoms with Gasteiger partial charge in [0.25, 0.3) is 0 Å². The number of hydrogen-bond acceptors (Lipinski definition) is 4. The van der Waals surface area contributed by atoms with Crippen LogP contribution < -0.4 is 14.0 Å². The molecule has 2 N–H and O–H groups in total. The van der Waals surface area contributed by atoms with Crippen molar-refractivity contribution in [1.29, 1.82) is 0 Å². The molecule has 136 valence electrons. The Morgan fingerprint density at radius 2 is 1.04 bits per heavy atom. The molecule has 0 aromatic heterocycles. The molecule has 0 aliphatic carbocycles. The normalized spacial score (nSPS) is 14.0. The topological polar surface area (TPSA) is 58.9 Å². The minimum atomic E-state index is -0.485. The van der Waals surface area contributed by atoms with E-state index in [4.69, 9.17) is 9.47 Å². The van der Waals surface area contributed by atoms with Crippen LogP contribution in [0.15, 0.2) is 48.5 Å². The van der Waals surface area contributed by atoms with Gasteiger partial charge in [-0.1, -0.05) is 0 Å². The molecule has 0 aliphatic rings. The highest BCUT2D eigenvalue weighted by atomic mass is 16.5. The van der Waals surface area contributed by atoms with Crippen LogP contribution in [-0.4, -0.2) is 49.7 Å². The second kappa shape index (κ2) is 8.34. The lowest BCUT2D eigenvalue weighted by Gasteiger charge is -2.29. The van der Waals surface area contributed by atoms with Gasteiger partial charge in [-0.15, -0.1) is 0 Å². The number of rotatable bonds is 8. The molecule has 2 aromatic rings. The van der Waals surface area contributed by atoms with E-state index < -0.39 is 12.2 Å². The van der Waals surface area contributed by atoms with Gasteiger partial charge in [-0.25, -0.2) is 0 Å². The van der Waals surface area contributed by atoms with Crippen LogP contribution in [0.1, 0.15) is 13.8 Å². The summed E-state index contributed by atoms with van der Waals surface area (Å²) in [5, 5.41) is 18.6. The Balaban J connectivity index is 2.09. The highest BCUT2D eigenvalue weighted by Gasteiger charge is 2.22. The maximum absolute atomic E-state index is 9.28. The predicted molar refractivity (Wildman–Crippen MR) is 101 cm³/mol. The first-order valence-corrected chi connectivity index (χ1v) is 8.46. The third-order valence-corrected chi connectivity index (χ3v) is 3.95. The van der Waals surface area contributed by atoms with Crippen molar-refractivity contribution in [3.05, 3.63) is 48.5 Å². The molecule has 2 aromatic carbocycles. The van der Waals surface area contributed by atoms with Crippen molar-refractivity contribution in [2.45, 2.75) is 26.1 Å². The van der Waals surface area contributed by atoms with Crippen molar-refractivity contribution >= 4 is 11.4 Å². The molecule has 0 amide bonds. The summed E-state index contributed by atoms with van der Waals surface area (Å²) < 4.78 is 11.6. The smallest absolute Gasteiger partial charge is 0.137 e. The molecule has 5 nitrogen and oxygen atoms in total. The van der Waals surface area contributed by atoms with E-state index in [-0.39, 0.29) is 13.2 Å². The quantitative estimate of drug-likeness (QED) is 0.721. The van der Waals surface area contributed by atoms with E-state index in [0.717, 1.165) is 22.9 Å². The van der Waals surface area contributed by atoms with Crippen molar-refractivity contribution in [2.24, 2.45) is 0 Å². The molecule has 0 saturated carbocycles. The molecular weight excluding hydrogens is 318 g/mol. The number of aliphatic hydroxyl groups excluding tert-OH is 2. The lowest BCUT2D eigenvalue weighted by molar-refractivity contribution is 0.122. The molecule has 0 spiro atoms. The highest BCUT2D eigenvalue weighted by Crippen LogP contribution is 2.32. The first-order chi connectivity index (χ1) is 11.8. The van der Waals surface area contributed by atoms with E-state index in [1.807, 2.05) is 48.5 Å². The third-order valence-electron chi connectivity index (χ3n) is 3.95. The molecule has 5 heteroatoms. The molecule has 2 rings (SSSR count). The summed E-state index contributed by atoms with van der Waals surface area (Å²) in [4.78, 5) is 0. The lowest BCUT2D eigenvalue weighted by Crippen LogP contribution is -2.34. The summed E-state index contributed by atoms with van der Waals surface area (Å²) in [7, 11) is 4.22. The van der Waals surface area contributed by atoms with Gasteiger partial charge in [0.15, 0.2) is 0 Å². The summed E-state index contributed by atoms with van der Waals surface area (Å²) >= 11 is 0. The average Bonchev–Trinajstić information content (AvgIpc) is 2.59. The second-order valence-electron chi connectivity index (χ2n) is 6.76. The van der Waals surface area contributed by atoms with Gasteiger partial charge in [-0.3, -0.25) is 4.48 Å². The van der Waals surface area contributed by atoms with Gasteiger partial charge in [0.05, 0.1) is 26.3 Å². The summed E-state index contributed by atoms with van der Waals surface area (Å²) in [6, 6.07) is 15.8. The summed E-state index contributed by atoms with van der Waals surface area (Å²) in [5.74, 6) is 1.48. The van der Waals surface area contributed by atoms with Gasteiger partial charge in [0.2, 0.25) is 0 Å². The molecule has 2 atom stereocenters. The Kier molecular flexibility index (Phi) is 6.42. The monoisotopic (exact) mass is 346 g/mol. The van der Waals surface area contributed by atoms with E-state index >= 15 is 0 Å². The average molecular weight is 346 g/mol. The van der Waals surface area contributed by atoms with Crippen LogP contribution in [0.2, 0.25) is 0 Å². The van der Waals surface area contributed by atoms with Gasteiger partial charge < -0.3 is 19.7 Å². The van der Waals surface area contributed by atoms with Gasteiger partial charge in [-0.2, -0.15) is 0 Å². The first-order valence-electron chi connectivity index (χ1n) is 8.46. The number of ether oxygens (including phenoxy) is 2. The Hall–Kier alpha value is -2.08. The maximum atomic E-state index is 9.28.